The van der Waals surface area contributed by atoms with Crippen LogP contribution < -0.4 is 0 Å². The zero-order chi connectivity index (χ0) is 18.7. The van der Waals surface area contributed by atoms with Gasteiger partial charge in [-0.05, 0) is 41.9 Å². The third-order valence-electron chi connectivity index (χ3n) is 5.30. The predicted octanol–water partition coefficient (Wildman–Crippen LogP) is 5.36. The Morgan fingerprint density at radius 2 is 1.48 bits per heavy atom. The molecule has 0 N–H and O–H groups in total. The van der Waals surface area contributed by atoms with Crippen molar-refractivity contribution in [1.29, 1.82) is 0 Å². The van der Waals surface area contributed by atoms with Crippen LogP contribution in [0, 0.1) is 0 Å². The van der Waals surface area contributed by atoms with Crippen LogP contribution >= 0.6 is 11.8 Å². The first-order valence-corrected chi connectivity index (χ1v) is 10.1. The Morgan fingerprint density at radius 1 is 0.926 bits per heavy atom. The highest BCUT2D eigenvalue weighted by atomic mass is 32.2. The third kappa shape index (κ3) is 3.85. The van der Waals surface area contributed by atoms with Gasteiger partial charge < -0.3 is 0 Å². The molecule has 0 radical (unpaired) electrons. The molecule has 3 atom stereocenters. The summed E-state index contributed by atoms with van der Waals surface area (Å²) >= 11 is 1.37. The molecule has 2 nitrogen and oxygen atoms in total. The van der Waals surface area contributed by atoms with E-state index < -0.39 is 5.54 Å². The van der Waals surface area contributed by atoms with Crippen LogP contribution in [0.15, 0.2) is 95.9 Å². The van der Waals surface area contributed by atoms with Crippen molar-refractivity contribution < 1.29 is 4.79 Å². The van der Waals surface area contributed by atoms with Gasteiger partial charge in [-0.25, -0.2) is 0 Å². The molecule has 27 heavy (non-hydrogen) atoms. The van der Waals surface area contributed by atoms with Gasteiger partial charge in [-0.2, -0.15) is 0 Å². The van der Waals surface area contributed by atoms with Crippen molar-refractivity contribution in [1.82, 2.24) is 4.90 Å². The van der Waals surface area contributed by atoms with Crippen LogP contribution in [0.3, 0.4) is 0 Å². The van der Waals surface area contributed by atoms with Gasteiger partial charge in [0.05, 0.1) is 0 Å². The van der Waals surface area contributed by atoms with Gasteiger partial charge in [0.25, 0.3) is 0 Å². The fourth-order valence-electron chi connectivity index (χ4n) is 3.70. The molecule has 0 amide bonds. The lowest BCUT2D eigenvalue weighted by Crippen LogP contribution is -2.31. The number of rotatable bonds is 6. The fourth-order valence-corrected chi connectivity index (χ4v) is 4.65. The summed E-state index contributed by atoms with van der Waals surface area (Å²) < 4.78 is 0. The lowest BCUT2D eigenvalue weighted by molar-refractivity contribution is -0.114. The average molecular weight is 374 g/mol. The summed E-state index contributed by atoms with van der Waals surface area (Å²) in [5, 5.41) is 0.236. The first-order chi connectivity index (χ1) is 13.2. The molecular formula is C24H23NOS. The number of hydrogen-bond acceptors (Lipinski definition) is 3. The van der Waals surface area contributed by atoms with Crippen LogP contribution in [0.4, 0.5) is 0 Å². The van der Waals surface area contributed by atoms with E-state index in [0.29, 0.717) is 0 Å². The highest BCUT2D eigenvalue weighted by Gasteiger charge is 2.59. The van der Waals surface area contributed by atoms with Crippen LogP contribution in [0.1, 0.15) is 24.1 Å². The molecule has 3 unspecified atom stereocenters. The number of benzene rings is 3. The molecule has 1 fully saturated rings. The van der Waals surface area contributed by atoms with Crippen molar-refractivity contribution >= 4 is 16.9 Å². The van der Waals surface area contributed by atoms with Gasteiger partial charge >= 0.3 is 0 Å². The highest BCUT2D eigenvalue weighted by Crippen LogP contribution is 2.47. The van der Waals surface area contributed by atoms with E-state index in [1.54, 1.807) is 0 Å². The summed E-state index contributed by atoms with van der Waals surface area (Å²) in [6, 6.07) is 31.0. The second kappa shape index (κ2) is 7.71. The van der Waals surface area contributed by atoms with E-state index in [0.717, 1.165) is 17.9 Å². The van der Waals surface area contributed by atoms with Gasteiger partial charge in [0.2, 0.25) is 5.12 Å². The average Bonchev–Trinajstić information content (AvgIpc) is 3.45. The van der Waals surface area contributed by atoms with Crippen LogP contribution in [-0.2, 0) is 11.2 Å². The maximum atomic E-state index is 13.4. The number of hydrogen-bond donors (Lipinski definition) is 0. The van der Waals surface area contributed by atoms with Gasteiger partial charge in [-0.3, -0.25) is 9.69 Å². The molecule has 3 heteroatoms. The maximum Gasteiger partial charge on any atom is 0.215 e. The molecule has 1 heterocycles. The molecule has 0 bridgehead atoms. The van der Waals surface area contributed by atoms with Gasteiger partial charge in [-0.1, -0.05) is 78.9 Å². The van der Waals surface area contributed by atoms with Crippen molar-refractivity contribution in [3.05, 3.63) is 102 Å². The zero-order valence-corrected chi connectivity index (χ0v) is 16.2. The van der Waals surface area contributed by atoms with E-state index >= 15 is 0 Å². The Morgan fingerprint density at radius 3 is 2.11 bits per heavy atom. The number of nitrogens with zero attached hydrogens (tertiary/aromatic N) is 1. The van der Waals surface area contributed by atoms with Crippen molar-refractivity contribution in [2.75, 3.05) is 6.54 Å². The first-order valence-electron chi connectivity index (χ1n) is 9.32. The Labute approximate surface area is 165 Å². The van der Waals surface area contributed by atoms with E-state index in [1.165, 1.54) is 22.9 Å². The third-order valence-corrected chi connectivity index (χ3v) is 6.37. The number of thioether (sulfide) groups is 1. The summed E-state index contributed by atoms with van der Waals surface area (Å²) in [5.41, 5.74) is 2.03. The van der Waals surface area contributed by atoms with Crippen LogP contribution in [0.2, 0.25) is 0 Å². The molecule has 0 spiro atoms. The first kappa shape index (κ1) is 18.0. The molecule has 1 aliphatic rings. The van der Waals surface area contributed by atoms with E-state index in [-0.39, 0.29) is 11.2 Å². The molecule has 1 saturated heterocycles. The Hall–Kier alpha value is -2.36. The van der Waals surface area contributed by atoms with E-state index in [9.17, 15) is 4.79 Å². The normalized spacial score (nSPS) is 22.2. The number of carbonyl (C=O) groups is 1. The molecule has 0 aliphatic carbocycles. The van der Waals surface area contributed by atoms with E-state index in [2.05, 4.69) is 48.2 Å². The molecule has 3 aromatic rings. The summed E-state index contributed by atoms with van der Waals surface area (Å²) in [7, 11) is 0. The maximum absolute atomic E-state index is 13.4. The fraction of sp³-hybridized carbons (Fsp3) is 0.208. The summed E-state index contributed by atoms with van der Waals surface area (Å²) in [6.07, 6.45) is 0.754. The van der Waals surface area contributed by atoms with E-state index in [4.69, 9.17) is 0 Å². The molecule has 0 aromatic heterocycles. The molecule has 0 saturated carbocycles. The number of carbonyl (C=O) groups excluding carboxylic acids is 1. The quantitative estimate of drug-likeness (QED) is 0.428. The molecule has 1 aliphatic heterocycles. The SMILES string of the molecule is CC(c1ccccc1)N1CC1(Cc1ccccc1)C(=O)Sc1ccccc1. The van der Waals surface area contributed by atoms with Gasteiger partial charge in [0.15, 0.2) is 0 Å². The lowest BCUT2D eigenvalue weighted by atomic mass is 9.99. The second-order valence-electron chi connectivity index (χ2n) is 7.11. The van der Waals surface area contributed by atoms with Gasteiger partial charge in [0.1, 0.15) is 5.54 Å². The van der Waals surface area contributed by atoms with Crippen molar-refractivity contribution in [2.24, 2.45) is 0 Å². The minimum absolute atomic E-state index is 0.218. The van der Waals surface area contributed by atoms with E-state index in [1.807, 2.05) is 54.6 Å². The predicted molar refractivity (Wildman–Crippen MR) is 112 cm³/mol. The van der Waals surface area contributed by atoms with Crippen LogP contribution in [-0.4, -0.2) is 22.1 Å². The Bertz CT molecular complexity index is 897. The standard InChI is InChI=1S/C24H23NOS/c1-19(21-13-7-3-8-14-21)25-18-24(25,17-20-11-5-2-6-12-20)23(26)27-22-15-9-4-10-16-22/h2-16,19H,17-18H2,1H3. The summed E-state index contributed by atoms with van der Waals surface area (Å²) in [4.78, 5) is 16.7. The second-order valence-corrected chi connectivity index (χ2v) is 8.16. The molecule has 3 aromatic carbocycles. The van der Waals surface area contributed by atoms with Crippen molar-refractivity contribution in [3.63, 3.8) is 0 Å². The van der Waals surface area contributed by atoms with Gasteiger partial charge in [0, 0.05) is 23.9 Å². The molecular weight excluding hydrogens is 350 g/mol. The minimum Gasteiger partial charge on any atom is -0.285 e. The van der Waals surface area contributed by atoms with Crippen LogP contribution in [0.5, 0.6) is 0 Å². The minimum atomic E-state index is -0.433. The Kier molecular flexibility index (Phi) is 5.15. The monoisotopic (exact) mass is 373 g/mol. The van der Waals surface area contributed by atoms with Crippen molar-refractivity contribution in [2.45, 2.75) is 29.8 Å². The smallest absolute Gasteiger partial charge is 0.215 e. The largest absolute Gasteiger partial charge is 0.285 e. The lowest BCUT2D eigenvalue weighted by Gasteiger charge is -2.21. The molecule has 136 valence electrons. The Balaban J connectivity index is 1.60. The topological polar surface area (TPSA) is 20.1 Å². The zero-order valence-electron chi connectivity index (χ0n) is 15.4. The summed E-state index contributed by atoms with van der Waals surface area (Å²) in [5.74, 6) is 0. The van der Waals surface area contributed by atoms with Gasteiger partial charge in [-0.15, -0.1) is 0 Å². The summed E-state index contributed by atoms with van der Waals surface area (Å²) in [6.45, 7) is 3.00. The molecule has 4 rings (SSSR count). The van der Waals surface area contributed by atoms with Crippen LogP contribution in [0.25, 0.3) is 0 Å². The van der Waals surface area contributed by atoms with Crippen molar-refractivity contribution in [3.8, 4) is 0 Å². The highest BCUT2D eigenvalue weighted by molar-refractivity contribution is 8.13.